The number of Topliss-reactive ketones (excluding diaryl/α,β-unsaturated/α-hetero) is 1. The minimum absolute atomic E-state index is 0.0164. The van der Waals surface area contributed by atoms with Crippen LogP contribution in [0.4, 0.5) is 9.59 Å². The lowest BCUT2D eigenvalue weighted by molar-refractivity contribution is 0.0737. The van der Waals surface area contributed by atoms with Gasteiger partial charge < -0.3 is 44.4 Å². The van der Waals surface area contributed by atoms with Gasteiger partial charge in [-0.2, -0.15) is 0 Å². The lowest BCUT2D eigenvalue weighted by atomic mass is 9.96. The van der Waals surface area contributed by atoms with Crippen LogP contribution in [0.5, 0.6) is 28.7 Å². The molecule has 2 amide bonds. The van der Waals surface area contributed by atoms with E-state index in [1.54, 1.807) is 23.1 Å². The van der Waals surface area contributed by atoms with Gasteiger partial charge in [-0.3, -0.25) is 9.69 Å². The highest BCUT2D eigenvalue weighted by Crippen LogP contribution is 2.40. The molecular formula is C33H44N4O9. The van der Waals surface area contributed by atoms with Crippen molar-refractivity contribution < 1.29 is 42.8 Å². The molecule has 2 fully saturated rings. The largest absolute Gasteiger partial charge is 0.493 e. The molecule has 0 spiro atoms. The Morgan fingerprint density at radius 1 is 0.826 bits per heavy atom. The Bertz CT molecular complexity index is 1370. The van der Waals surface area contributed by atoms with Gasteiger partial charge in [0, 0.05) is 56.6 Å². The summed E-state index contributed by atoms with van der Waals surface area (Å²) in [6.07, 6.45) is 5.56. The van der Waals surface area contributed by atoms with Gasteiger partial charge in [0.15, 0.2) is 28.8 Å². The number of nitrogens with two attached hydrogens (primary N) is 1. The average molecular weight is 641 g/mol. The zero-order valence-electron chi connectivity index (χ0n) is 27.0. The van der Waals surface area contributed by atoms with Crippen molar-refractivity contribution in [1.29, 1.82) is 0 Å². The molecule has 13 heteroatoms. The smallest absolute Gasteiger partial charge is 0.415 e. The van der Waals surface area contributed by atoms with Gasteiger partial charge in [0.25, 0.3) is 0 Å². The second kappa shape index (κ2) is 16.6. The second-order valence-electron chi connectivity index (χ2n) is 11.0. The van der Waals surface area contributed by atoms with Crippen LogP contribution in [0.3, 0.4) is 0 Å². The third kappa shape index (κ3) is 8.53. The average Bonchev–Trinajstić information content (AvgIpc) is 3.08. The van der Waals surface area contributed by atoms with Gasteiger partial charge in [-0.05, 0) is 55.5 Å². The number of ketones is 1. The van der Waals surface area contributed by atoms with Gasteiger partial charge in [0.1, 0.15) is 6.10 Å². The van der Waals surface area contributed by atoms with Crippen LogP contribution in [-0.2, 0) is 4.74 Å². The number of allylic oxidation sites excluding steroid dienone is 1. The van der Waals surface area contributed by atoms with E-state index in [1.807, 2.05) is 0 Å². The Morgan fingerprint density at radius 3 is 2.04 bits per heavy atom. The van der Waals surface area contributed by atoms with Crippen molar-refractivity contribution >= 4 is 23.5 Å². The van der Waals surface area contributed by atoms with Crippen molar-refractivity contribution in [3.63, 3.8) is 0 Å². The molecule has 1 saturated heterocycles. The van der Waals surface area contributed by atoms with Gasteiger partial charge in [-0.25, -0.2) is 9.59 Å². The van der Waals surface area contributed by atoms with E-state index >= 15 is 0 Å². The van der Waals surface area contributed by atoms with Crippen molar-refractivity contribution in [3.05, 3.63) is 47.7 Å². The number of alkyl carbamates (subject to hydrolysis) is 1. The van der Waals surface area contributed by atoms with Crippen LogP contribution in [0.1, 0.15) is 48.0 Å². The number of rotatable bonds is 12. The lowest BCUT2D eigenvalue weighted by Crippen LogP contribution is -2.51. The van der Waals surface area contributed by atoms with Crippen molar-refractivity contribution in [2.75, 3.05) is 67.7 Å². The molecule has 0 radical (unpaired) electrons. The summed E-state index contributed by atoms with van der Waals surface area (Å²) in [5.41, 5.74) is 6.78. The molecule has 1 aliphatic carbocycles. The zero-order chi connectivity index (χ0) is 33.1. The van der Waals surface area contributed by atoms with Gasteiger partial charge in [0.05, 0.1) is 28.4 Å². The molecule has 1 saturated carbocycles. The Hall–Kier alpha value is -4.65. The van der Waals surface area contributed by atoms with Crippen LogP contribution in [0.2, 0.25) is 0 Å². The summed E-state index contributed by atoms with van der Waals surface area (Å²) in [6, 6.07) is 7.88. The Balaban J connectivity index is 1.35. The summed E-state index contributed by atoms with van der Waals surface area (Å²) in [5.74, 6) is 1.05. The number of benzene rings is 2. The van der Waals surface area contributed by atoms with E-state index in [4.69, 9.17) is 34.2 Å². The minimum atomic E-state index is -0.543. The second-order valence-corrected chi connectivity index (χ2v) is 11.0. The first-order valence-corrected chi connectivity index (χ1v) is 15.4. The van der Waals surface area contributed by atoms with E-state index in [9.17, 15) is 14.4 Å². The van der Waals surface area contributed by atoms with Gasteiger partial charge in [-0.1, -0.05) is 12.5 Å². The highest BCUT2D eigenvalue weighted by atomic mass is 16.6. The van der Waals surface area contributed by atoms with Gasteiger partial charge >= 0.3 is 12.2 Å². The molecule has 1 aliphatic heterocycles. The maximum Gasteiger partial charge on any atom is 0.415 e. The first kappa shape index (κ1) is 34.2. The van der Waals surface area contributed by atoms with Crippen molar-refractivity contribution in [2.24, 2.45) is 5.73 Å². The molecule has 1 heterocycles. The third-order valence-corrected chi connectivity index (χ3v) is 8.16. The number of amides is 2. The monoisotopic (exact) mass is 640 g/mol. The molecule has 250 valence electrons. The standard InChI is InChI=1S/C33H44N4O9/c1-41-26-11-10-22(25(21-34)30(38)23-19-28(42-2)31(44-4)29(20-23)43-3)18-27(26)46-33(40)37-16-14-36(15-17-37)13-12-35-32(39)45-24-8-6-5-7-9-24/h10-11,18-21,24H,5-9,12-17,34H2,1-4H3,(H,35,39). The quantitative estimate of drug-likeness (QED) is 0.255. The van der Waals surface area contributed by atoms with Crippen molar-refractivity contribution in [2.45, 2.75) is 38.2 Å². The molecule has 2 aromatic carbocycles. The third-order valence-electron chi connectivity index (χ3n) is 8.16. The number of carbonyl (C=O) groups is 3. The minimum Gasteiger partial charge on any atom is -0.493 e. The van der Waals surface area contributed by atoms with Crippen LogP contribution in [0.25, 0.3) is 5.57 Å². The highest BCUT2D eigenvalue weighted by molar-refractivity contribution is 6.29. The topological polar surface area (TPSA) is 151 Å². The number of hydrogen-bond donors (Lipinski definition) is 2. The number of piperazine rings is 1. The number of nitrogens with zero attached hydrogens (tertiary/aromatic N) is 2. The fourth-order valence-electron chi connectivity index (χ4n) is 5.60. The first-order chi connectivity index (χ1) is 22.3. The molecule has 0 aromatic heterocycles. The molecule has 0 unspecified atom stereocenters. The normalized spacial score (nSPS) is 15.9. The number of ether oxygens (including phenoxy) is 6. The molecule has 2 aliphatic rings. The van der Waals surface area contributed by atoms with Crippen LogP contribution < -0.4 is 34.7 Å². The fraction of sp³-hybridized carbons (Fsp3) is 0.485. The predicted molar refractivity (Wildman–Crippen MR) is 171 cm³/mol. The van der Waals surface area contributed by atoms with E-state index in [-0.39, 0.29) is 29.1 Å². The molecule has 3 N–H and O–H groups in total. The fourth-order valence-corrected chi connectivity index (χ4v) is 5.60. The molecule has 13 nitrogen and oxygen atoms in total. The van der Waals surface area contributed by atoms with E-state index in [0.717, 1.165) is 25.7 Å². The van der Waals surface area contributed by atoms with E-state index in [2.05, 4.69) is 10.2 Å². The maximum absolute atomic E-state index is 13.6. The lowest BCUT2D eigenvalue weighted by Gasteiger charge is -2.34. The summed E-state index contributed by atoms with van der Waals surface area (Å²) in [4.78, 5) is 42.6. The first-order valence-electron chi connectivity index (χ1n) is 15.4. The molecule has 46 heavy (non-hydrogen) atoms. The summed E-state index contributed by atoms with van der Waals surface area (Å²) >= 11 is 0. The van der Waals surface area contributed by atoms with Crippen molar-refractivity contribution in [3.8, 4) is 28.7 Å². The van der Waals surface area contributed by atoms with Gasteiger partial charge in [0.2, 0.25) is 5.75 Å². The Morgan fingerprint density at radius 2 is 1.46 bits per heavy atom. The molecule has 0 bridgehead atoms. The van der Waals surface area contributed by atoms with Crippen molar-refractivity contribution in [1.82, 2.24) is 15.1 Å². The summed E-state index contributed by atoms with van der Waals surface area (Å²) < 4.78 is 32.8. The van der Waals surface area contributed by atoms with Gasteiger partial charge in [-0.15, -0.1) is 0 Å². The van der Waals surface area contributed by atoms with Crippen LogP contribution in [0, 0.1) is 0 Å². The maximum atomic E-state index is 13.6. The zero-order valence-corrected chi connectivity index (χ0v) is 27.0. The molecule has 2 aromatic rings. The molecule has 0 atom stereocenters. The molecule has 4 rings (SSSR count). The Labute approximate surface area is 269 Å². The van der Waals surface area contributed by atoms with E-state index in [0.29, 0.717) is 67.8 Å². The number of nitrogens with one attached hydrogen (secondary N) is 1. The SMILES string of the molecule is COc1ccc(C(=CN)C(=O)c2cc(OC)c(OC)c(OC)c2)cc1OC(=O)N1CCN(CCNC(=O)OC2CCCCC2)CC1. The van der Waals surface area contributed by atoms with Crippen LogP contribution in [0.15, 0.2) is 36.5 Å². The predicted octanol–water partition coefficient (Wildman–Crippen LogP) is 4.08. The number of hydrogen-bond acceptors (Lipinski definition) is 11. The summed E-state index contributed by atoms with van der Waals surface area (Å²) in [5, 5.41) is 2.83. The van der Waals surface area contributed by atoms with E-state index in [1.165, 1.54) is 53.2 Å². The highest BCUT2D eigenvalue weighted by Gasteiger charge is 2.26. The summed E-state index contributed by atoms with van der Waals surface area (Å²) in [7, 11) is 5.86. The number of carbonyl (C=O) groups excluding carboxylic acids is 3. The van der Waals surface area contributed by atoms with Crippen LogP contribution >= 0.6 is 0 Å². The molecular weight excluding hydrogens is 596 g/mol. The van der Waals surface area contributed by atoms with Crippen LogP contribution in [-0.4, -0.2) is 102 Å². The van der Waals surface area contributed by atoms with E-state index < -0.39 is 11.9 Å². The number of methoxy groups -OCH3 is 4. The summed E-state index contributed by atoms with van der Waals surface area (Å²) in [6.45, 7) is 3.24. The Kier molecular flexibility index (Phi) is 12.4.